The Morgan fingerprint density at radius 3 is 2.52 bits per heavy atom. The zero-order chi connectivity index (χ0) is 21.4. The van der Waals surface area contributed by atoms with E-state index in [0.29, 0.717) is 17.9 Å². The smallest absolute Gasteiger partial charge is 0.261 e. The summed E-state index contributed by atoms with van der Waals surface area (Å²) in [4.78, 5) is 27.0. The van der Waals surface area contributed by atoms with Crippen molar-refractivity contribution in [3.05, 3.63) is 59.2 Å². The summed E-state index contributed by atoms with van der Waals surface area (Å²) < 4.78 is 11.1. The summed E-state index contributed by atoms with van der Waals surface area (Å²) in [6.07, 6.45) is 0.499. The molecule has 0 radical (unpaired) electrons. The number of aryl methyl sites for hydroxylation is 2. The minimum absolute atomic E-state index is 0.138. The molecular weight excluding hydrogens is 368 g/mol. The average molecular weight is 399 g/mol. The zero-order valence-electron chi connectivity index (χ0n) is 17.8. The first-order valence-corrected chi connectivity index (χ1v) is 9.73. The maximum Gasteiger partial charge on any atom is 0.261 e. The number of amides is 2. The van der Waals surface area contributed by atoms with E-state index in [-0.39, 0.29) is 25.0 Å². The molecule has 0 unspecified atom stereocenters. The van der Waals surface area contributed by atoms with E-state index in [1.807, 2.05) is 63.2 Å². The molecule has 0 bridgehead atoms. The van der Waals surface area contributed by atoms with Gasteiger partial charge in [-0.05, 0) is 49.6 Å². The molecule has 0 saturated heterocycles. The summed E-state index contributed by atoms with van der Waals surface area (Å²) >= 11 is 0. The molecule has 2 rings (SSSR count). The molecular formula is C23H30N2O4. The number of likely N-dealkylation sites (N-methyl/N-ethyl adjacent to an activating group) is 1. The molecule has 0 spiro atoms. The Kier molecular flexibility index (Phi) is 8.07. The second-order valence-electron chi connectivity index (χ2n) is 6.97. The van der Waals surface area contributed by atoms with E-state index in [1.165, 1.54) is 0 Å². The first-order valence-electron chi connectivity index (χ1n) is 9.73. The van der Waals surface area contributed by atoms with Gasteiger partial charge in [-0.3, -0.25) is 9.59 Å². The van der Waals surface area contributed by atoms with Gasteiger partial charge in [0.2, 0.25) is 5.91 Å². The number of rotatable bonds is 9. The van der Waals surface area contributed by atoms with E-state index < -0.39 is 6.04 Å². The van der Waals surface area contributed by atoms with Gasteiger partial charge in [-0.2, -0.15) is 0 Å². The molecule has 0 aromatic heterocycles. The number of ether oxygens (including phenoxy) is 2. The summed E-state index contributed by atoms with van der Waals surface area (Å²) in [5, 5.41) is 2.65. The van der Waals surface area contributed by atoms with Crippen LogP contribution in [0.25, 0.3) is 0 Å². The van der Waals surface area contributed by atoms with E-state index in [4.69, 9.17) is 9.47 Å². The van der Waals surface area contributed by atoms with Gasteiger partial charge in [0.15, 0.2) is 6.61 Å². The quantitative estimate of drug-likeness (QED) is 0.704. The van der Waals surface area contributed by atoms with Crippen molar-refractivity contribution in [3.63, 3.8) is 0 Å². The van der Waals surface area contributed by atoms with Gasteiger partial charge in [0.05, 0.1) is 7.11 Å². The van der Waals surface area contributed by atoms with Crippen LogP contribution in [0.15, 0.2) is 42.5 Å². The third-order valence-corrected chi connectivity index (χ3v) is 4.80. The number of carbonyl (C=O) groups is 2. The van der Waals surface area contributed by atoms with Gasteiger partial charge in [0.25, 0.3) is 5.91 Å². The number of carbonyl (C=O) groups excluding carboxylic acids is 2. The first-order chi connectivity index (χ1) is 13.9. The van der Waals surface area contributed by atoms with Crippen LogP contribution >= 0.6 is 0 Å². The molecule has 1 atom stereocenters. The SMILES string of the molecule is CC[C@H](C(=O)NC)N(Cc1cccc(OC)c1)C(=O)COc1ccc(C)cc1C. The maximum absolute atomic E-state index is 13.1. The molecule has 0 fully saturated rings. The van der Waals surface area contributed by atoms with E-state index in [1.54, 1.807) is 19.1 Å². The molecule has 0 aliphatic heterocycles. The number of hydrogen-bond acceptors (Lipinski definition) is 4. The minimum Gasteiger partial charge on any atom is -0.497 e. The molecule has 0 aliphatic rings. The highest BCUT2D eigenvalue weighted by molar-refractivity contribution is 5.88. The minimum atomic E-state index is -0.582. The van der Waals surface area contributed by atoms with Crippen molar-refractivity contribution in [2.45, 2.75) is 39.8 Å². The standard InChI is InChI=1S/C23H30N2O4/c1-6-20(23(27)24-4)25(14-18-8-7-9-19(13-18)28-5)22(26)15-29-21-11-10-16(2)12-17(21)3/h7-13,20H,6,14-15H2,1-5H3,(H,24,27)/t20-/m1/s1. The molecule has 1 N–H and O–H groups in total. The highest BCUT2D eigenvalue weighted by Crippen LogP contribution is 2.20. The van der Waals surface area contributed by atoms with Crippen molar-refractivity contribution in [1.29, 1.82) is 0 Å². The molecule has 2 aromatic rings. The molecule has 6 heteroatoms. The van der Waals surface area contributed by atoms with Gasteiger partial charge >= 0.3 is 0 Å². The molecule has 2 aromatic carbocycles. The monoisotopic (exact) mass is 398 g/mol. The number of nitrogens with zero attached hydrogens (tertiary/aromatic N) is 1. The van der Waals surface area contributed by atoms with Crippen molar-refractivity contribution >= 4 is 11.8 Å². The van der Waals surface area contributed by atoms with Crippen LogP contribution in [0.2, 0.25) is 0 Å². The number of hydrogen-bond donors (Lipinski definition) is 1. The molecule has 0 saturated carbocycles. The van der Waals surface area contributed by atoms with Crippen LogP contribution in [0.5, 0.6) is 11.5 Å². The van der Waals surface area contributed by atoms with Crippen LogP contribution in [0.3, 0.4) is 0 Å². The van der Waals surface area contributed by atoms with Gasteiger partial charge in [-0.1, -0.05) is 36.8 Å². The van der Waals surface area contributed by atoms with Crippen molar-refractivity contribution in [2.75, 3.05) is 20.8 Å². The summed E-state index contributed by atoms with van der Waals surface area (Å²) in [5.41, 5.74) is 2.98. The number of methoxy groups -OCH3 is 1. The van der Waals surface area contributed by atoms with Crippen LogP contribution in [-0.2, 0) is 16.1 Å². The lowest BCUT2D eigenvalue weighted by atomic mass is 10.1. The fourth-order valence-corrected chi connectivity index (χ4v) is 3.24. The molecule has 29 heavy (non-hydrogen) atoms. The Morgan fingerprint density at radius 1 is 1.14 bits per heavy atom. The summed E-state index contributed by atoms with van der Waals surface area (Å²) in [6, 6.07) is 12.7. The Balaban J connectivity index is 2.22. The van der Waals surface area contributed by atoms with Crippen LogP contribution in [0, 0.1) is 13.8 Å². The predicted molar refractivity (Wildman–Crippen MR) is 113 cm³/mol. The lowest BCUT2D eigenvalue weighted by Crippen LogP contribution is -2.49. The van der Waals surface area contributed by atoms with Crippen molar-refractivity contribution in [1.82, 2.24) is 10.2 Å². The second kappa shape index (κ2) is 10.5. The van der Waals surface area contributed by atoms with Crippen LogP contribution in [0.4, 0.5) is 0 Å². The number of nitrogens with one attached hydrogen (secondary N) is 1. The fraction of sp³-hybridized carbons (Fsp3) is 0.391. The second-order valence-corrected chi connectivity index (χ2v) is 6.97. The largest absolute Gasteiger partial charge is 0.497 e. The molecule has 2 amide bonds. The fourth-order valence-electron chi connectivity index (χ4n) is 3.24. The first kappa shape index (κ1) is 22.3. The highest BCUT2D eigenvalue weighted by Gasteiger charge is 2.28. The van der Waals surface area contributed by atoms with Crippen molar-refractivity contribution < 1.29 is 19.1 Å². The van der Waals surface area contributed by atoms with Gasteiger partial charge < -0.3 is 19.7 Å². The van der Waals surface area contributed by atoms with E-state index in [2.05, 4.69) is 5.32 Å². The third kappa shape index (κ3) is 5.98. The van der Waals surface area contributed by atoms with E-state index >= 15 is 0 Å². The zero-order valence-corrected chi connectivity index (χ0v) is 17.8. The van der Waals surface area contributed by atoms with Gasteiger partial charge in [-0.15, -0.1) is 0 Å². The molecule has 0 aliphatic carbocycles. The molecule has 156 valence electrons. The normalized spacial score (nSPS) is 11.5. The Bertz CT molecular complexity index is 851. The van der Waals surface area contributed by atoms with E-state index in [0.717, 1.165) is 16.7 Å². The third-order valence-electron chi connectivity index (χ3n) is 4.80. The summed E-state index contributed by atoms with van der Waals surface area (Å²) in [5.74, 6) is 0.922. The summed E-state index contributed by atoms with van der Waals surface area (Å²) in [7, 11) is 3.17. The predicted octanol–water partition coefficient (Wildman–Crippen LogP) is 3.24. The van der Waals surface area contributed by atoms with Crippen molar-refractivity contribution in [2.24, 2.45) is 0 Å². The average Bonchev–Trinajstić information content (AvgIpc) is 2.72. The van der Waals surface area contributed by atoms with E-state index in [9.17, 15) is 9.59 Å². The van der Waals surface area contributed by atoms with Gasteiger partial charge in [-0.25, -0.2) is 0 Å². The lowest BCUT2D eigenvalue weighted by molar-refractivity contribution is -0.142. The molecule has 0 heterocycles. The molecule has 6 nitrogen and oxygen atoms in total. The van der Waals surface area contributed by atoms with Crippen LogP contribution in [0.1, 0.15) is 30.0 Å². The summed E-state index contributed by atoms with van der Waals surface area (Å²) in [6.45, 7) is 5.99. The van der Waals surface area contributed by atoms with Gasteiger partial charge in [0.1, 0.15) is 17.5 Å². The Hall–Kier alpha value is -3.02. The lowest BCUT2D eigenvalue weighted by Gasteiger charge is -2.30. The number of benzene rings is 2. The Labute approximate surface area is 172 Å². The van der Waals surface area contributed by atoms with Crippen molar-refractivity contribution in [3.8, 4) is 11.5 Å². The topological polar surface area (TPSA) is 67.9 Å². The Morgan fingerprint density at radius 2 is 1.90 bits per heavy atom. The van der Waals surface area contributed by atoms with Gasteiger partial charge in [0, 0.05) is 13.6 Å². The highest BCUT2D eigenvalue weighted by atomic mass is 16.5. The van der Waals surface area contributed by atoms with Crippen LogP contribution < -0.4 is 14.8 Å². The maximum atomic E-state index is 13.1. The van der Waals surface area contributed by atoms with Crippen LogP contribution in [-0.4, -0.2) is 43.5 Å².